The van der Waals surface area contributed by atoms with Crippen molar-refractivity contribution < 1.29 is 9.63 Å². The smallest absolute Gasteiger partial charge is 0.267 e. The molecule has 0 saturated carbocycles. The Hall–Kier alpha value is -2.39. The Morgan fingerprint density at radius 3 is 2.32 bits per heavy atom. The molecule has 3 heteroatoms. The summed E-state index contributed by atoms with van der Waals surface area (Å²) in [5.74, 6) is -0.278. The van der Waals surface area contributed by atoms with Crippen LogP contribution in [0.3, 0.4) is 0 Å². The molecule has 1 amide bonds. The zero-order valence-corrected chi connectivity index (χ0v) is 10.5. The Bertz CT molecular complexity index is 535. The van der Waals surface area contributed by atoms with E-state index < -0.39 is 0 Å². The second kappa shape index (κ2) is 7.13. The molecule has 19 heavy (non-hydrogen) atoms. The third kappa shape index (κ3) is 4.77. The molecule has 0 saturated heterocycles. The number of rotatable bonds is 5. The molecule has 0 aliphatic carbocycles. The van der Waals surface area contributed by atoms with Crippen molar-refractivity contribution in [1.29, 1.82) is 0 Å². The Morgan fingerprint density at radius 2 is 1.63 bits per heavy atom. The van der Waals surface area contributed by atoms with E-state index in [0.717, 1.165) is 11.1 Å². The molecule has 0 radical (unpaired) electrons. The van der Waals surface area contributed by atoms with Gasteiger partial charge in [0.1, 0.15) is 0 Å². The average molecular weight is 253 g/mol. The first kappa shape index (κ1) is 13.1. The molecular formula is C16H15NO2. The Kier molecular flexibility index (Phi) is 4.90. The minimum Gasteiger partial charge on any atom is -0.269 e. The van der Waals surface area contributed by atoms with Gasteiger partial charge in [-0.15, -0.1) is 0 Å². The zero-order chi connectivity index (χ0) is 13.3. The molecule has 0 aliphatic rings. The predicted molar refractivity (Wildman–Crippen MR) is 74.8 cm³/mol. The first-order chi connectivity index (χ1) is 9.34. The van der Waals surface area contributed by atoms with Gasteiger partial charge < -0.3 is 0 Å². The van der Waals surface area contributed by atoms with Crippen LogP contribution in [0.25, 0.3) is 6.08 Å². The largest absolute Gasteiger partial charge is 0.269 e. The number of carbonyl (C=O) groups excluding carboxylic acids is 1. The van der Waals surface area contributed by atoms with Gasteiger partial charge >= 0.3 is 0 Å². The zero-order valence-electron chi connectivity index (χ0n) is 10.5. The molecular weight excluding hydrogens is 238 g/mol. The number of hydroxylamine groups is 1. The van der Waals surface area contributed by atoms with Gasteiger partial charge in [-0.25, -0.2) is 5.48 Å². The summed E-state index contributed by atoms with van der Waals surface area (Å²) in [5.41, 5.74) is 4.36. The van der Waals surface area contributed by atoms with Gasteiger partial charge in [0.25, 0.3) is 5.91 Å². The third-order valence-corrected chi connectivity index (χ3v) is 2.48. The minimum absolute atomic E-state index is 0.278. The van der Waals surface area contributed by atoms with Crippen LogP contribution in [0, 0.1) is 0 Å². The van der Waals surface area contributed by atoms with Gasteiger partial charge in [-0.3, -0.25) is 9.63 Å². The van der Waals surface area contributed by atoms with Crippen molar-refractivity contribution in [2.45, 2.75) is 6.61 Å². The molecule has 0 aliphatic heterocycles. The Labute approximate surface area is 112 Å². The Morgan fingerprint density at radius 1 is 1.00 bits per heavy atom. The molecule has 96 valence electrons. The normalized spacial score (nSPS) is 10.5. The van der Waals surface area contributed by atoms with E-state index in [4.69, 9.17) is 4.84 Å². The molecule has 0 atom stereocenters. The van der Waals surface area contributed by atoms with E-state index in [1.165, 1.54) is 6.08 Å². The highest BCUT2D eigenvalue weighted by molar-refractivity contribution is 5.90. The summed E-state index contributed by atoms with van der Waals surface area (Å²) in [6.45, 7) is 0.353. The maximum Gasteiger partial charge on any atom is 0.267 e. The van der Waals surface area contributed by atoms with Crippen molar-refractivity contribution in [3.05, 3.63) is 77.9 Å². The number of benzene rings is 2. The van der Waals surface area contributed by atoms with Gasteiger partial charge in [0, 0.05) is 6.08 Å². The number of carbonyl (C=O) groups is 1. The van der Waals surface area contributed by atoms with Gasteiger partial charge in [0.15, 0.2) is 0 Å². The second-order valence-electron chi connectivity index (χ2n) is 3.98. The Balaban J connectivity index is 1.75. The maximum atomic E-state index is 11.5. The summed E-state index contributed by atoms with van der Waals surface area (Å²) < 4.78 is 0. The average Bonchev–Trinajstić information content (AvgIpc) is 2.47. The van der Waals surface area contributed by atoms with Gasteiger partial charge in [0.2, 0.25) is 0 Å². The summed E-state index contributed by atoms with van der Waals surface area (Å²) in [6, 6.07) is 19.3. The van der Waals surface area contributed by atoms with Crippen LogP contribution in [0.2, 0.25) is 0 Å². The molecule has 0 heterocycles. The fourth-order valence-corrected chi connectivity index (χ4v) is 1.53. The lowest BCUT2D eigenvalue weighted by atomic mass is 10.2. The summed E-state index contributed by atoms with van der Waals surface area (Å²) in [4.78, 5) is 16.6. The summed E-state index contributed by atoms with van der Waals surface area (Å²) in [7, 11) is 0. The van der Waals surface area contributed by atoms with Crippen LogP contribution in [0.5, 0.6) is 0 Å². The lowest BCUT2D eigenvalue weighted by Crippen LogP contribution is -2.21. The SMILES string of the molecule is O=C(/C=C/c1ccccc1)NOCc1ccccc1. The second-order valence-corrected chi connectivity index (χ2v) is 3.98. The van der Waals surface area contributed by atoms with E-state index >= 15 is 0 Å². The number of hydrogen-bond acceptors (Lipinski definition) is 2. The summed E-state index contributed by atoms with van der Waals surface area (Å²) in [6.07, 6.45) is 3.18. The van der Waals surface area contributed by atoms with Crippen molar-refractivity contribution in [3.63, 3.8) is 0 Å². The lowest BCUT2D eigenvalue weighted by Gasteiger charge is -2.03. The molecule has 1 N–H and O–H groups in total. The van der Waals surface area contributed by atoms with E-state index in [2.05, 4.69) is 5.48 Å². The molecule has 2 aromatic rings. The highest BCUT2D eigenvalue weighted by atomic mass is 16.6. The molecule has 2 aromatic carbocycles. The molecule has 0 aromatic heterocycles. The van der Waals surface area contributed by atoms with Crippen LogP contribution in [-0.2, 0) is 16.2 Å². The highest BCUT2D eigenvalue weighted by Gasteiger charge is 1.96. The van der Waals surface area contributed by atoms with Crippen LogP contribution in [0.15, 0.2) is 66.7 Å². The van der Waals surface area contributed by atoms with Crippen molar-refractivity contribution in [2.24, 2.45) is 0 Å². The number of hydrogen-bond donors (Lipinski definition) is 1. The van der Waals surface area contributed by atoms with E-state index in [1.54, 1.807) is 6.08 Å². The van der Waals surface area contributed by atoms with Crippen LogP contribution >= 0.6 is 0 Å². The van der Waals surface area contributed by atoms with E-state index in [-0.39, 0.29) is 5.91 Å². The minimum atomic E-state index is -0.278. The van der Waals surface area contributed by atoms with Gasteiger partial charge in [-0.2, -0.15) is 0 Å². The summed E-state index contributed by atoms with van der Waals surface area (Å²) in [5, 5.41) is 0. The van der Waals surface area contributed by atoms with Crippen LogP contribution < -0.4 is 5.48 Å². The third-order valence-electron chi connectivity index (χ3n) is 2.48. The van der Waals surface area contributed by atoms with Crippen LogP contribution in [-0.4, -0.2) is 5.91 Å². The highest BCUT2D eigenvalue weighted by Crippen LogP contribution is 2.01. The maximum absolute atomic E-state index is 11.5. The van der Waals surface area contributed by atoms with Crippen molar-refractivity contribution >= 4 is 12.0 Å². The molecule has 0 fully saturated rings. The first-order valence-corrected chi connectivity index (χ1v) is 6.03. The number of nitrogens with one attached hydrogen (secondary N) is 1. The van der Waals surface area contributed by atoms with Gasteiger partial charge in [-0.05, 0) is 17.2 Å². The quantitative estimate of drug-likeness (QED) is 0.657. The van der Waals surface area contributed by atoms with E-state index in [9.17, 15) is 4.79 Å². The molecule has 3 nitrogen and oxygen atoms in total. The summed E-state index contributed by atoms with van der Waals surface area (Å²) >= 11 is 0. The monoisotopic (exact) mass is 253 g/mol. The van der Waals surface area contributed by atoms with Gasteiger partial charge in [0.05, 0.1) is 6.61 Å². The topological polar surface area (TPSA) is 38.3 Å². The van der Waals surface area contributed by atoms with E-state index in [1.807, 2.05) is 60.7 Å². The molecule has 0 spiro atoms. The predicted octanol–water partition coefficient (Wildman–Crippen LogP) is 2.95. The number of amides is 1. The molecule has 2 rings (SSSR count). The van der Waals surface area contributed by atoms with Crippen molar-refractivity contribution in [1.82, 2.24) is 5.48 Å². The fourth-order valence-electron chi connectivity index (χ4n) is 1.53. The molecule has 0 unspecified atom stereocenters. The molecule has 0 bridgehead atoms. The van der Waals surface area contributed by atoms with E-state index in [0.29, 0.717) is 6.61 Å². The van der Waals surface area contributed by atoms with Crippen molar-refractivity contribution in [3.8, 4) is 0 Å². The van der Waals surface area contributed by atoms with Crippen LogP contribution in [0.4, 0.5) is 0 Å². The van der Waals surface area contributed by atoms with Crippen LogP contribution in [0.1, 0.15) is 11.1 Å². The lowest BCUT2D eigenvalue weighted by molar-refractivity contribution is -0.129. The van der Waals surface area contributed by atoms with Crippen molar-refractivity contribution in [2.75, 3.05) is 0 Å². The van der Waals surface area contributed by atoms with Gasteiger partial charge in [-0.1, -0.05) is 60.7 Å². The fraction of sp³-hybridized carbons (Fsp3) is 0.0625. The standard InChI is InChI=1S/C16H15NO2/c18-16(12-11-14-7-3-1-4-8-14)17-19-13-15-9-5-2-6-10-15/h1-12H,13H2,(H,17,18)/b12-11+. The first-order valence-electron chi connectivity index (χ1n) is 6.03.